The van der Waals surface area contributed by atoms with Gasteiger partial charge in [-0.15, -0.1) is 10.2 Å². The molecule has 0 bridgehead atoms. The fourth-order valence-corrected chi connectivity index (χ4v) is 1.74. The molecule has 1 atom stereocenters. The van der Waals surface area contributed by atoms with Gasteiger partial charge < -0.3 is 10.1 Å². The fraction of sp³-hybridized carbons (Fsp3) is 0.889. The first-order chi connectivity index (χ1) is 7.34. The number of nitrogens with one attached hydrogen (secondary N) is 1. The van der Waals surface area contributed by atoms with E-state index >= 15 is 0 Å². The maximum absolute atomic E-state index is 5.53. The Hall–Kier alpha value is -1.01. The SMILES string of the molecule is Cn1nnc(COCC2CCCCN2)n1. The molecule has 1 unspecified atom stereocenters. The number of rotatable bonds is 4. The van der Waals surface area contributed by atoms with Gasteiger partial charge >= 0.3 is 0 Å². The van der Waals surface area contributed by atoms with E-state index < -0.39 is 0 Å². The molecule has 6 nitrogen and oxygen atoms in total. The topological polar surface area (TPSA) is 64.9 Å². The van der Waals surface area contributed by atoms with E-state index in [1.54, 1.807) is 7.05 Å². The highest BCUT2D eigenvalue weighted by molar-refractivity contribution is 4.74. The minimum absolute atomic E-state index is 0.450. The molecular weight excluding hydrogens is 194 g/mol. The maximum atomic E-state index is 5.53. The van der Waals surface area contributed by atoms with Crippen molar-refractivity contribution in [3.05, 3.63) is 5.82 Å². The van der Waals surface area contributed by atoms with Crippen LogP contribution in [0.4, 0.5) is 0 Å². The molecule has 2 heterocycles. The Labute approximate surface area is 89.0 Å². The molecule has 15 heavy (non-hydrogen) atoms. The number of tetrazole rings is 1. The van der Waals surface area contributed by atoms with Crippen LogP contribution >= 0.6 is 0 Å². The Kier molecular flexibility index (Phi) is 3.63. The van der Waals surface area contributed by atoms with Crippen molar-refractivity contribution < 1.29 is 4.74 Å². The fourth-order valence-electron chi connectivity index (χ4n) is 1.74. The van der Waals surface area contributed by atoms with Crippen LogP contribution in [-0.2, 0) is 18.4 Å². The lowest BCUT2D eigenvalue weighted by Crippen LogP contribution is -2.37. The zero-order valence-electron chi connectivity index (χ0n) is 9.02. The lowest BCUT2D eigenvalue weighted by molar-refractivity contribution is 0.0866. The molecule has 1 saturated heterocycles. The molecule has 2 rings (SSSR count). The van der Waals surface area contributed by atoms with Crippen molar-refractivity contribution in [1.29, 1.82) is 0 Å². The van der Waals surface area contributed by atoms with Crippen molar-refractivity contribution in [2.45, 2.75) is 31.9 Å². The van der Waals surface area contributed by atoms with Gasteiger partial charge in [0.25, 0.3) is 0 Å². The number of piperidine rings is 1. The lowest BCUT2D eigenvalue weighted by atomic mass is 10.1. The molecule has 1 fully saturated rings. The van der Waals surface area contributed by atoms with E-state index in [-0.39, 0.29) is 0 Å². The second-order valence-electron chi connectivity index (χ2n) is 3.86. The quantitative estimate of drug-likeness (QED) is 0.751. The van der Waals surface area contributed by atoms with Crippen molar-refractivity contribution in [2.24, 2.45) is 7.05 Å². The minimum Gasteiger partial charge on any atom is -0.372 e. The van der Waals surface area contributed by atoms with E-state index in [0.717, 1.165) is 13.2 Å². The first kappa shape index (κ1) is 10.5. The molecule has 0 saturated carbocycles. The normalized spacial score (nSPS) is 21.8. The third kappa shape index (κ3) is 3.24. The van der Waals surface area contributed by atoms with Crippen LogP contribution in [0.25, 0.3) is 0 Å². The van der Waals surface area contributed by atoms with Crippen LogP contribution in [0.2, 0.25) is 0 Å². The van der Waals surface area contributed by atoms with E-state index in [1.807, 2.05) is 0 Å². The molecule has 0 spiro atoms. The van der Waals surface area contributed by atoms with Crippen molar-refractivity contribution in [2.75, 3.05) is 13.2 Å². The molecule has 1 aliphatic heterocycles. The van der Waals surface area contributed by atoms with Gasteiger partial charge in [-0.2, -0.15) is 4.80 Å². The number of aromatic nitrogens is 4. The number of hydrogen-bond donors (Lipinski definition) is 1. The van der Waals surface area contributed by atoms with E-state index in [9.17, 15) is 0 Å². The Bertz CT molecular complexity index is 294. The van der Waals surface area contributed by atoms with Crippen LogP contribution in [0.3, 0.4) is 0 Å². The van der Waals surface area contributed by atoms with Gasteiger partial charge in [0, 0.05) is 6.04 Å². The van der Waals surface area contributed by atoms with Crippen LogP contribution in [0.5, 0.6) is 0 Å². The molecule has 1 N–H and O–H groups in total. The molecule has 1 aromatic heterocycles. The van der Waals surface area contributed by atoms with Crippen molar-refractivity contribution in [3.63, 3.8) is 0 Å². The minimum atomic E-state index is 0.450. The summed E-state index contributed by atoms with van der Waals surface area (Å²) in [5, 5.41) is 15.1. The summed E-state index contributed by atoms with van der Waals surface area (Å²) in [6.45, 7) is 2.29. The van der Waals surface area contributed by atoms with Gasteiger partial charge in [-0.3, -0.25) is 0 Å². The summed E-state index contributed by atoms with van der Waals surface area (Å²) in [4.78, 5) is 1.44. The van der Waals surface area contributed by atoms with Gasteiger partial charge in [0.2, 0.25) is 0 Å². The summed E-state index contributed by atoms with van der Waals surface area (Å²) in [5.41, 5.74) is 0. The molecule has 0 amide bonds. The molecule has 0 aromatic carbocycles. The average Bonchev–Trinajstić information content (AvgIpc) is 2.66. The highest BCUT2D eigenvalue weighted by atomic mass is 16.5. The Morgan fingerprint density at radius 2 is 2.47 bits per heavy atom. The van der Waals surface area contributed by atoms with Gasteiger partial charge in [0.15, 0.2) is 5.82 Å². The summed E-state index contributed by atoms with van der Waals surface area (Å²) < 4.78 is 5.53. The van der Waals surface area contributed by atoms with Gasteiger partial charge in [-0.25, -0.2) is 0 Å². The predicted octanol–water partition coefficient (Wildman–Crippen LogP) is -0.131. The summed E-state index contributed by atoms with van der Waals surface area (Å²) in [5.74, 6) is 0.647. The summed E-state index contributed by atoms with van der Waals surface area (Å²) >= 11 is 0. The second kappa shape index (κ2) is 5.18. The molecule has 1 aliphatic rings. The molecule has 0 aliphatic carbocycles. The van der Waals surface area contributed by atoms with Crippen molar-refractivity contribution in [3.8, 4) is 0 Å². The number of nitrogens with zero attached hydrogens (tertiary/aromatic N) is 4. The van der Waals surface area contributed by atoms with Gasteiger partial charge in [-0.1, -0.05) is 6.42 Å². The van der Waals surface area contributed by atoms with E-state index in [1.165, 1.54) is 24.1 Å². The Balaban J connectivity index is 1.65. The second-order valence-corrected chi connectivity index (χ2v) is 3.86. The summed E-state index contributed by atoms with van der Waals surface area (Å²) in [7, 11) is 1.75. The average molecular weight is 211 g/mol. The van der Waals surface area contributed by atoms with E-state index in [2.05, 4.69) is 20.7 Å². The van der Waals surface area contributed by atoms with Gasteiger partial charge in [0.05, 0.1) is 13.7 Å². The summed E-state index contributed by atoms with van der Waals surface area (Å²) in [6, 6.07) is 0.496. The van der Waals surface area contributed by atoms with Crippen molar-refractivity contribution in [1.82, 2.24) is 25.5 Å². The monoisotopic (exact) mass is 211 g/mol. The molecule has 6 heteroatoms. The molecule has 84 valence electrons. The standard InChI is InChI=1S/C9H17N5O/c1-14-12-9(11-13-14)7-15-6-8-4-2-3-5-10-8/h8,10H,2-7H2,1H3. The molecular formula is C9H17N5O. The van der Waals surface area contributed by atoms with Gasteiger partial charge in [0.1, 0.15) is 6.61 Å². The zero-order valence-corrected chi connectivity index (χ0v) is 9.02. The van der Waals surface area contributed by atoms with Crippen LogP contribution in [0.1, 0.15) is 25.1 Å². The van der Waals surface area contributed by atoms with Crippen LogP contribution < -0.4 is 5.32 Å². The van der Waals surface area contributed by atoms with Crippen molar-refractivity contribution >= 4 is 0 Å². The van der Waals surface area contributed by atoms with E-state index in [0.29, 0.717) is 18.5 Å². The number of ether oxygens (including phenoxy) is 1. The van der Waals surface area contributed by atoms with Crippen LogP contribution in [0, 0.1) is 0 Å². The third-order valence-corrected chi connectivity index (χ3v) is 2.51. The highest BCUT2D eigenvalue weighted by Crippen LogP contribution is 2.07. The highest BCUT2D eigenvalue weighted by Gasteiger charge is 2.12. The predicted molar refractivity (Wildman–Crippen MR) is 54.1 cm³/mol. The third-order valence-electron chi connectivity index (χ3n) is 2.51. The first-order valence-corrected chi connectivity index (χ1v) is 5.38. The van der Waals surface area contributed by atoms with Crippen LogP contribution in [-0.4, -0.2) is 39.4 Å². The number of hydrogen-bond acceptors (Lipinski definition) is 5. The molecule has 1 aromatic rings. The largest absolute Gasteiger partial charge is 0.372 e. The molecule has 0 radical (unpaired) electrons. The Morgan fingerprint density at radius 1 is 1.53 bits per heavy atom. The maximum Gasteiger partial charge on any atom is 0.200 e. The first-order valence-electron chi connectivity index (χ1n) is 5.38. The smallest absolute Gasteiger partial charge is 0.200 e. The zero-order chi connectivity index (χ0) is 10.5. The lowest BCUT2D eigenvalue weighted by Gasteiger charge is -2.22. The summed E-state index contributed by atoms with van der Waals surface area (Å²) in [6.07, 6.45) is 3.78. The van der Waals surface area contributed by atoms with E-state index in [4.69, 9.17) is 4.74 Å². The van der Waals surface area contributed by atoms with Crippen LogP contribution in [0.15, 0.2) is 0 Å². The Morgan fingerprint density at radius 3 is 3.13 bits per heavy atom. The van der Waals surface area contributed by atoms with Gasteiger partial charge in [-0.05, 0) is 24.6 Å². The number of aryl methyl sites for hydroxylation is 1.